The molecule has 3 rings (SSSR count). The summed E-state index contributed by atoms with van der Waals surface area (Å²) in [6, 6.07) is -0.643. The number of phosphoric acid groups is 1. The van der Waals surface area contributed by atoms with Crippen LogP contribution in [0.4, 0.5) is 5.82 Å². The van der Waals surface area contributed by atoms with Crippen LogP contribution in [-0.2, 0) is 9.09 Å². The Morgan fingerprint density at radius 2 is 2.15 bits per heavy atom. The van der Waals surface area contributed by atoms with E-state index in [1.54, 1.807) is 18.5 Å². The number of aliphatic hydroxyl groups excluding tert-OH is 2. The van der Waals surface area contributed by atoms with Crippen LogP contribution in [0.5, 0.6) is 0 Å². The van der Waals surface area contributed by atoms with E-state index in [0.717, 1.165) is 0 Å². The molecule has 0 radical (unpaired) electrons. The van der Waals surface area contributed by atoms with E-state index in [4.69, 9.17) is 21.4 Å². The highest BCUT2D eigenvalue weighted by Gasteiger charge is 2.51. The van der Waals surface area contributed by atoms with Gasteiger partial charge in [-0.15, -0.1) is 0 Å². The molecule has 26 heavy (non-hydrogen) atoms. The number of nitrogens with zero attached hydrogens (tertiary/aromatic N) is 4. The molecule has 0 unspecified atom stereocenters. The fraction of sp³-hybridized carbons (Fsp3) is 0.615. The zero-order valence-electron chi connectivity index (χ0n) is 13.9. The van der Waals surface area contributed by atoms with Crippen molar-refractivity contribution in [2.75, 3.05) is 19.0 Å². The number of phosphoric ester groups is 1. The monoisotopic (exact) mass is 407 g/mol. The van der Waals surface area contributed by atoms with Gasteiger partial charge in [-0.1, -0.05) is 6.92 Å². The zero-order valence-corrected chi connectivity index (χ0v) is 15.6. The van der Waals surface area contributed by atoms with Crippen LogP contribution in [0, 0.1) is 5.41 Å². The number of imidazole rings is 1. The van der Waals surface area contributed by atoms with Crippen LogP contribution in [0.1, 0.15) is 19.4 Å². The molecule has 1 saturated carbocycles. The first-order chi connectivity index (χ1) is 12.1. The Bertz CT molecular complexity index is 874. The summed E-state index contributed by atoms with van der Waals surface area (Å²) >= 11 is 5.94. The molecule has 0 amide bonds. The maximum atomic E-state index is 11.0. The fourth-order valence-electron chi connectivity index (χ4n) is 3.29. The van der Waals surface area contributed by atoms with Gasteiger partial charge < -0.3 is 29.9 Å². The van der Waals surface area contributed by atoms with Gasteiger partial charge in [0.05, 0.1) is 25.1 Å². The molecule has 1 aliphatic carbocycles. The van der Waals surface area contributed by atoms with Gasteiger partial charge >= 0.3 is 7.82 Å². The number of fused-ring (bicyclic) bond motifs is 1. The minimum atomic E-state index is -4.70. The normalized spacial score (nSPS) is 29.4. The molecular weight excluding hydrogens is 389 g/mol. The van der Waals surface area contributed by atoms with Crippen molar-refractivity contribution in [3.05, 3.63) is 11.6 Å². The Morgan fingerprint density at radius 3 is 2.77 bits per heavy atom. The summed E-state index contributed by atoms with van der Waals surface area (Å²) in [5.74, 6) is 0.416. The zero-order chi connectivity index (χ0) is 19.3. The van der Waals surface area contributed by atoms with Gasteiger partial charge in [0.2, 0.25) is 5.28 Å². The highest BCUT2D eigenvalue weighted by molar-refractivity contribution is 7.46. The van der Waals surface area contributed by atoms with Crippen molar-refractivity contribution in [2.24, 2.45) is 5.41 Å². The largest absolute Gasteiger partial charge is 0.469 e. The topological polar surface area (TPSA) is 163 Å². The molecule has 2 heterocycles. The third-order valence-electron chi connectivity index (χ3n) is 4.66. The van der Waals surface area contributed by atoms with E-state index in [0.29, 0.717) is 17.0 Å². The van der Waals surface area contributed by atoms with E-state index < -0.39 is 38.1 Å². The van der Waals surface area contributed by atoms with Crippen LogP contribution in [0.15, 0.2) is 6.33 Å². The van der Waals surface area contributed by atoms with E-state index in [2.05, 4.69) is 24.8 Å². The highest BCUT2D eigenvalue weighted by atomic mass is 35.5. The molecule has 2 aromatic heterocycles. The summed E-state index contributed by atoms with van der Waals surface area (Å²) in [4.78, 5) is 30.2. The smallest absolute Gasteiger partial charge is 0.390 e. The first-order valence-electron chi connectivity index (χ1n) is 7.70. The number of anilines is 1. The minimum absolute atomic E-state index is 0.00997. The minimum Gasteiger partial charge on any atom is -0.390 e. The standard InChI is InChI=1S/C13H19ClN5O6P/c1-13(4-25-26(22,23)24)3-6(8(20)9(13)21)19-5-16-7-10(15-2)17-12(14)18-11(7)19/h5-6,8-9,20-21H,3-4H2,1-2H3,(H,15,17,18)(H2,22,23,24)/t6-,8+,9+,13-/m1/s1. The van der Waals surface area contributed by atoms with Crippen molar-refractivity contribution in [2.45, 2.75) is 31.6 Å². The lowest BCUT2D eigenvalue weighted by Crippen LogP contribution is -2.37. The van der Waals surface area contributed by atoms with Crippen LogP contribution in [-0.4, -0.2) is 65.4 Å². The second-order valence-electron chi connectivity index (χ2n) is 6.54. The van der Waals surface area contributed by atoms with Crippen molar-refractivity contribution in [3.63, 3.8) is 0 Å². The van der Waals surface area contributed by atoms with Crippen molar-refractivity contribution >= 4 is 36.4 Å². The molecule has 13 heteroatoms. The van der Waals surface area contributed by atoms with Gasteiger partial charge in [-0.2, -0.15) is 9.97 Å². The summed E-state index contributed by atoms with van der Waals surface area (Å²) in [6.45, 7) is 1.16. The molecule has 11 nitrogen and oxygen atoms in total. The summed E-state index contributed by atoms with van der Waals surface area (Å²) in [6.07, 6.45) is -0.855. The average Bonchev–Trinajstić information content (AvgIpc) is 3.07. The number of halogens is 1. The average molecular weight is 408 g/mol. The van der Waals surface area contributed by atoms with E-state index in [1.165, 1.54) is 6.33 Å². The molecule has 4 atom stereocenters. The molecule has 0 bridgehead atoms. The second-order valence-corrected chi connectivity index (χ2v) is 8.12. The lowest BCUT2D eigenvalue weighted by atomic mass is 9.87. The van der Waals surface area contributed by atoms with Gasteiger partial charge in [0, 0.05) is 12.5 Å². The molecule has 144 valence electrons. The fourth-order valence-corrected chi connectivity index (χ4v) is 3.92. The van der Waals surface area contributed by atoms with Crippen LogP contribution in [0.2, 0.25) is 5.28 Å². The number of aromatic nitrogens is 4. The Kier molecular flexibility index (Phi) is 4.99. The van der Waals surface area contributed by atoms with Crippen molar-refractivity contribution in [1.82, 2.24) is 19.5 Å². The lowest BCUT2D eigenvalue weighted by molar-refractivity contribution is -0.0397. The molecule has 0 saturated heterocycles. The molecule has 0 aliphatic heterocycles. The Balaban J connectivity index is 1.96. The number of hydrogen-bond donors (Lipinski definition) is 5. The molecule has 1 fully saturated rings. The predicted molar refractivity (Wildman–Crippen MR) is 91.7 cm³/mol. The van der Waals surface area contributed by atoms with Crippen molar-refractivity contribution < 1.29 is 29.1 Å². The summed E-state index contributed by atoms with van der Waals surface area (Å²) in [5, 5.41) is 23.8. The Hall–Kier alpha value is -1.33. The van der Waals surface area contributed by atoms with E-state index >= 15 is 0 Å². The summed E-state index contributed by atoms with van der Waals surface area (Å²) in [5.41, 5.74) is -0.269. The van der Waals surface area contributed by atoms with E-state index in [-0.39, 0.29) is 11.7 Å². The molecule has 0 aromatic carbocycles. The highest BCUT2D eigenvalue weighted by Crippen LogP contribution is 2.48. The first-order valence-corrected chi connectivity index (χ1v) is 9.60. The first kappa shape index (κ1) is 19.4. The maximum Gasteiger partial charge on any atom is 0.469 e. The van der Waals surface area contributed by atoms with Crippen LogP contribution >= 0.6 is 19.4 Å². The van der Waals surface area contributed by atoms with Gasteiger partial charge in [-0.25, -0.2) is 9.55 Å². The van der Waals surface area contributed by atoms with Crippen LogP contribution in [0.3, 0.4) is 0 Å². The molecule has 2 aromatic rings. The van der Waals surface area contributed by atoms with Gasteiger partial charge in [0.25, 0.3) is 0 Å². The van der Waals surface area contributed by atoms with Gasteiger partial charge in [0.1, 0.15) is 6.10 Å². The van der Waals surface area contributed by atoms with Gasteiger partial charge in [-0.3, -0.25) is 4.52 Å². The van der Waals surface area contributed by atoms with Crippen LogP contribution < -0.4 is 5.32 Å². The third kappa shape index (κ3) is 3.44. The van der Waals surface area contributed by atoms with Gasteiger partial charge in [-0.05, 0) is 18.0 Å². The predicted octanol–water partition coefficient (Wildman–Crippen LogP) is 0.304. The van der Waals surface area contributed by atoms with Crippen LogP contribution in [0.25, 0.3) is 11.2 Å². The van der Waals surface area contributed by atoms with Gasteiger partial charge in [0.15, 0.2) is 17.0 Å². The number of rotatable bonds is 5. The quantitative estimate of drug-likeness (QED) is 0.344. The molecule has 5 N–H and O–H groups in total. The second kappa shape index (κ2) is 6.68. The number of aliphatic hydroxyl groups is 2. The van der Waals surface area contributed by atoms with Crippen molar-refractivity contribution in [3.8, 4) is 0 Å². The number of nitrogens with one attached hydrogen (secondary N) is 1. The summed E-state index contributed by atoms with van der Waals surface area (Å²) < 4.78 is 17.1. The van der Waals surface area contributed by atoms with E-state index in [1.807, 2.05) is 0 Å². The lowest BCUT2D eigenvalue weighted by Gasteiger charge is -2.28. The summed E-state index contributed by atoms with van der Waals surface area (Å²) in [7, 11) is -3.05. The molecule has 0 spiro atoms. The van der Waals surface area contributed by atoms with E-state index in [9.17, 15) is 14.8 Å². The third-order valence-corrected chi connectivity index (χ3v) is 5.29. The Labute approximate surface area is 153 Å². The molecule has 1 aliphatic rings. The maximum absolute atomic E-state index is 11.0. The molecular formula is C13H19ClN5O6P. The Morgan fingerprint density at radius 1 is 1.46 bits per heavy atom. The SMILES string of the molecule is CNc1nc(Cl)nc2c1ncn2[C@@H]1C[C@](C)(COP(=O)(O)O)[C@@H](O)[C@H]1O. The number of hydrogen-bond acceptors (Lipinski definition) is 8. The van der Waals surface area contributed by atoms with Crippen molar-refractivity contribution in [1.29, 1.82) is 0 Å².